The van der Waals surface area contributed by atoms with E-state index in [-0.39, 0.29) is 16.2 Å². The van der Waals surface area contributed by atoms with E-state index in [4.69, 9.17) is 0 Å². The molecule has 0 radical (unpaired) electrons. The fraction of sp³-hybridized carbons (Fsp3) is 0.158. The van der Waals surface area contributed by atoms with Crippen LogP contribution in [0.3, 0.4) is 0 Å². The summed E-state index contributed by atoms with van der Waals surface area (Å²) in [4.78, 5) is 0. The van der Waals surface area contributed by atoms with Crippen LogP contribution in [-0.2, 0) is 16.2 Å². The quantitative estimate of drug-likeness (QED) is 0.166. The molecule has 0 aliphatic heterocycles. The Morgan fingerprint density at radius 3 is 1.12 bits per heavy atom. The Bertz CT molecular complexity index is 3290. The van der Waals surface area contributed by atoms with Gasteiger partial charge in [-0.15, -0.1) is 0 Å². The van der Waals surface area contributed by atoms with E-state index in [1.54, 1.807) is 0 Å². The highest BCUT2D eigenvalue weighted by Gasteiger charge is 2.41. The van der Waals surface area contributed by atoms with Gasteiger partial charge < -0.3 is 9.13 Å². The Hall–Kier alpha value is -6.64. The van der Waals surface area contributed by atoms with E-state index in [2.05, 4.69) is 208 Å². The topological polar surface area (TPSA) is 9.86 Å². The van der Waals surface area contributed by atoms with E-state index in [1.165, 1.54) is 122 Å². The van der Waals surface area contributed by atoms with Crippen LogP contribution in [0.1, 0.15) is 74.9 Å². The van der Waals surface area contributed by atoms with E-state index in [0.717, 1.165) is 0 Å². The number of para-hydroxylation sites is 2. The third kappa shape index (κ3) is 3.98. The molecule has 10 aromatic rings. The second-order valence-corrected chi connectivity index (χ2v) is 18.9. The Morgan fingerprint density at radius 1 is 0.288 bits per heavy atom. The van der Waals surface area contributed by atoms with Gasteiger partial charge in [-0.2, -0.15) is 0 Å². The van der Waals surface area contributed by atoms with Crippen LogP contribution in [0.15, 0.2) is 158 Å². The van der Waals surface area contributed by atoms with Crippen LogP contribution in [-0.4, -0.2) is 9.13 Å². The fourth-order valence-corrected chi connectivity index (χ4v) is 12.0. The van der Waals surface area contributed by atoms with Gasteiger partial charge in [-0.1, -0.05) is 151 Å². The highest BCUT2D eigenvalue weighted by atomic mass is 15.0. The molecule has 0 bridgehead atoms. The van der Waals surface area contributed by atoms with E-state index in [9.17, 15) is 0 Å². The Kier molecular flexibility index (Phi) is 6.16. The molecule has 59 heavy (non-hydrogen) atoms. The van der Waals surface area contributed by atoms with E-state index >= 15 is 0 Å². The molecule has 0 amide bonds. The standard InChI is InChI=1S/C57H44N2/c1-55(2)41-21-11-7-19-35(41)53-43(55)23-15-27-49(53)58-47-25-13-9-17-33(47)39-29-37-38-30-40-34-18-10-14-26-48(34)59(52(40)32-46(38)57(5,6)45(37)31-51(39)58)50-28-16-24-44-54(50)36-20-8-12-22-42(36)56(44,3)4/h7-32H,1-6H3. The molecule has 8 aromatic carbocycles. The Balaban J connectivity index is 1.08. The van der Waals surface area contributed by atoms with Crippen LogP contribution in [0, 0.1) is 0 Å². The molecule has 3 aliphatic rings. The summed E-state index contributed by atoms with van der Waals surface area (Å²) in [6.07, 6.45) is 0. The first kappa shape index (κ1) is 33.3. The van der Waals surface area contributed by atoms with Gasteiger partial charge in [-0.25, -0.2) is 0 Å². The third-order valence-electron chi connectivity index (χ3n) is 14.9. The summed E-state index contributed by atoms with van der Waals surface area (Å²) < 4.78 is 5.13. The van der Waals surface area contributed by atoms with Crippen LogP contribution in [0.5, 0.6) is 0 Å². The van der Waals surface area contributed by atoms with Gasteiger partial charge >= 0.3 is 0 Å². The molecule has 13 rings (SSSR count). The summed E-state index contributed by atoms with van der Waals surface area (Å²) >= 11 is 0. The van der Waals surface area contributed by atoms with Crippen LogP contribution >= 0.6 is 0 Å². The number of hydrogen-bond acceptors (Lipinski definition) is 0. The molecule has 0 spiro atoms. The van der Waals surface area contributed by atoms with Gasteiger partial charge in [0, 0.05) is 48.9 Å². The normalized spacial score (nSPS) is 16.0. The van der Waals surface area contributed by atoms with Crippen LogP contribution in [0.25, 0.3) is 88.4 Å². The number of aromatic nitrogens is 2. The molecule has 0 N–H and O–H groups in total. The van der Waals surface area contributed by atoms with Crippen molar-refractivity contribution in [3.05, 3.63) is 191 Å². The summed E-state index contributed by atoms with van der Waals surface area (Å²) in [7, 11) is 0. The maximum absolute atomic E-state index is 2.56. The molecule has 0 saturated carbocycles. The first-order chi connectivity index (χ1) is 28.6. The first-order valence-electron chi connectivity index (χ1n) is 21.2. The lowest BCUT2D eigenvalue weighted by Gasteiger charge is -2.23. The van der Waals surface area contributed by atoms with Crippen molar-refractivity contribution in [1.82, 2.24) is 9.13 Å². The molecular weight excluding hydrogens is 713 g/mol. The lowest BCUT2D eigenvalue weighted by molar-refractivity contribution is 0.660. The van der Waals surface area contributed by atoms with Crippen molar-refractivity contribution in [3.8, 4) is 44.8 Å². The molecule has 0 fully saturated rings. The van der Waals surface area contributed by atoms with Crippen molar-refractivity contribution in [2.24, 2.45) is 0 Å². The summed E-state index contributed by atoms with van der Waals surface area (Å²) in [5.41, 5.74) is 23.6. The van der Waals surface area contributed by atoms with Gasteiger partial charge in [0.05, 0.1) is 33.4 Å². The van der Waals surface area contributed by atoms with Crippen molar-refractivity contribution in [2.45, 2.75) is 57.8 Å². The SMILES string of the molecule is CC1(C)c2cc3c(cc2-c2cc4c5ccccc5n(-c5cccc6c5-c5ccccc5C6(C)C)c4cc21)c1ccccc1n3-c1cccc2c1-c1ccccc1C2(C)C. The summed E-state index contributed by atoms with van der Waals surface area (Å²) in [6, 6.07) is 60.1. The highest BCUT2D eigenvalue weighted by Crippen LogP contribution is 2.56. The van der Waals surface area contributed by atoms with Crippen molar-refractivity contribution in [2.75, 3.05) is 0 Å². The van der Waals surface area contributed by atoms with E-state index < -0.39 is 0 Å². The zero-order valence-electron chi connectivity index (χ0n) is 34.4. The minimum absolute atomic E-state index is 0.0715. The molecule has 0 saturated heterocycles. The molecule has 2 heterocycles. The lowest BCUT2D eigenvalue weighted by atomic mass is 9.82. The number of hydrogen-bond donors (Lipinski definition) is 0. The molecule has 0 unspecified atom stereocenters. The molecule has 0 atom stereocenters. The third-order valence-corrected chi connectivity index (χ3v) is 14.9. The monoisotopic (exact) mass is 756 g/mol. The summed E-state index contributed by atoms with van der Waals surface area (Å²) in [5.74, 6) is 0. The maximum Gasteiger partial charge on any atom is 0.0544 e. The van der Waals surface area contributed by atoms with Gasteiger partial charge in [-0.05, 0) is 104 Å². The summed E-state index contributed by atoms with van der Waals surface area (Å²) in [6.45, 7) is 14.4. The largest absolute Gasteiger partial charge is 0.309 e. The van der Waals surface area contributed by atoms with Gasteiger partial charge in [0.2, 0.25) is 0 Å². The summed E-state index contributed by atoms with van der Waals surface area (Å²) in [5, 5.41) is 5.18. The lowest BCUT2D eigenvalue weighted by Crippen LogP contribution is -2.15. The van der Waals surface area contributed by atoms with Crippen LogP contribution < -0.4 is 0 Å². The number of benzene rings is 8. The van der Waals surface area contributed by atoms with E-state index in [0.29, 0.717) is 0 Å². The average molecular weight is 757 g/mol. The smallest absolute Gasteiger partial charge is 0.0544 e. The molecule has 2 aromatic heterocycles. The van der Waals surface area contributed by atoms with Gasteiger partial charge in [-0.3, -0.25) is 0 Å². The number of nitrogens with zero attached hydrogens (tertiary/aromatic N) is 2. The van der Waals surface area contributed by atoms with Gasteiger partial charge in [0.15, 0.2) is 0 Å². The second-order valence-electron chi connectivity index (χ2n) is 18.9. The second kappa shape index (κ2) is 10.9. The van der Waals surface area contributed by atoms with Gasteiger partial charge in [0.1, 0.15) is 0 Å². The van der Waals surface area contributed by atoms with Crippen molar-refractivity contribution >= 4 is 43.6 Å². The molecule has 282 valence electrons. The molecule has 3 aliphatic carbocycles. The molecule has 2 heteroatoms. The van der Waals surface area contributed by atoms with Crippen molar-refractivity contribution < 1.29 is 0 Å². The molecule has 2 nitrogen and oxygen atoms in total. The van der Waals surface area contributed by atoms with Crippen LogP contribution in [0.2, 0.25) is 0 Å². The first-order valence-corrected chi connectivity index (χ1v) is 21.2. The number of fused-ring (bicyclic) bond motifs is 15. The van der Waals surface area contributed by atoms with Crippen molar-refractivity contribution in [1.29, 1.82) is 0 Å². The zero-order valence-corrected chi connectivity index (χ0v) is 34.4. The Morgan fingerprint density at radius 2 is 0.661 bits per heavy atom. The van der Waals surface area contributed by atoms with Gasteiger partial charge in [0.25, 0.3) is 0 Å². The zero-order chi connectivity index (χ0) is 39.7. The predicted molar refractivity (Wildman–Crippen MR) is 248 cm³/mol. The van der Waals surface area contributed by atoms with E-state index in [1.807, 2.05) is 0 Å². The predicted octanol–water partition coefficient (Wildman–Crippen LogP) is 14.8. The van der Waals surface area contributed by atoms with Crippen molar-refractivity contribution in [3.63, 3.8) is 0 Å². The fourth-order valence-electron chi connectivity index (χ4n) is 12.0. The highest BCUT2D eigenvalue weighted by molar-refractivity contribution is 6.15. The Labute approximate surface area is 345 Å². The minimum atomic E-state index is -0.226. The molecular formula is C57H44N2. The van der Waals surface area contributed by atoms with Crippen LogP contribution in [0.4, 0.5) is 0 Å². The minimum Gasteiger partial charge on any atom is -0.309 e. The number of rotatable bonds is 2. The maximum atomic E-state index is 2.56. The average Bonchev–Trinajstić information content (AvgIpc) is 3.96.